The Labute approximate surface area is 205 Å². The molecule has 3 aromatic heterocycles. The second-order valence-electron chi connectivity index (χ2n) is 9.90. The van der Waals surface area contributed by atoms with Crippen molar-refractivity contribution in [2.45, 2.75) is 46.2 Å². The number of piperazine rings is 1. The van der Waals surface area contributed by atoms with Gasteiger partial charge in [-0.15, -0.1) is 5.10 Å². The molecule has 1 N–H and O–H groups in total. The van der Waals surface area contributed by atoms with Crippen LogP contribution >= 0.6 is 11.3 Å². The molecule has 4 aromatic rings. The lowest BCUT2D eigenvalue weighted by Gasteiger charge is -2.34. The first-order valence-corrected chi connectivity index (χ1v) is 12.9. The highest BCUT2D eigenvalue weighted by Gasteiger charge is 2.25. The number of benzene rings is 1. The number of hydrogen-bond donors (Lipinski definition) is 1. The Balaban J connectivity index is 1.37. The fourth-order valence-electron chi connectivity index (χ4n) is 4.25. The predicted molar refractivity (Wildman–Crippen MR) is 141 cm³/mol. The van der Waals surface area contributed by atoms with E-state index in [9.17, 15) is 0 Å². The number of anilines is 2. The van der Waals surface area contributed by atoms with E-state index in [4.69, 9.17) is 10.1 Å². The third-order valence-electron chi connectivity index (χ3n) is 6.08. The molecule has 8 heteroatoms. The van der Waals surface area contributed by atoms with Gasteiger partial charge in [-0.05, 0) is 44.9 Å². The highest BCUT2D eigenvalue weighted by molar-refractivity contribution is 7.20. The van der Waals surface area contributed by atoms with E-state index in [0.29, 0.717) is 0 Å². The summed E-state index contributed by atoms with van der Waals surface area (Å²) in [7, 11) is 0. The summed E-state index contributed by atoms with van der Waals surface area (Å²) in [4.78, 5) is 15.3. The molecule has 34 heavy (non-hydrogen) atoms. The Morgan fingerprint density at radius 3 is 2.41 bits per heavy atom. The van der Waals surface area contributed by atoms with Gasteiger partial charge < -0.3 is 10.2 Å². The van der Waals surface area contributed by atoms with Gasteiger partial charge in [0.1, 0.15) is 5.69 Å². The van der Waals surface area contributed by atoms with Gasteiger partial charge in [-0.1, -0.05) is 48.6 Å². The summed E-state index contributed by atoms with van der Waals surface area (Å²) in [6.45, 7) is 13.5. The van der Waals surface area contributed by atoms with Crippen molar-refractivity contribution in [2.75, 3.05) is 36.4 Å². The van der Waals surface area contributed by atoms with Gasteiger partial charge in [-0.25, -0.2) is 4.98 Å². The monoisotopic (exact) mass is 475 g/mol. The standard InChI is InChI=1S/C26H33N7S/c1-5-19-9-11-20(12-10-19)22-23(29-26(2,3)4)33-24(28-22)34-25(30-33)32-16-14-31(15-17-32)18-21-8-6-7-13-27-21/h6-13,29H,5,14-18H2,1-4H3. The van der Waals surface area contributed by atoms with Crippen LogP contribution in [-0.2, 0) is 13.0 Å². The van der Waals surface area contributed by atoms with Gasteiger partial charge in [-0.3, -0.25) is 9.88 Å². The molecule has 1 saturated heterocycles. The maximum Gasteiger partial charge on any atom is 0.216 e. The molecule has 0 atom stereocenters. The van der Waals surface area contributed by atoms with Crippen LogP contribution in [0.5, 0.6) is 0 Å². The summed E-state index contributed by atoms with van der Waals surface area (Å²) < 4.78 is 1.99. The lowest BCUT2D eigenvalue weighted by molar-refractivity contribution is 0.247. The SMILES string of the molecule is CCc1ccc(-c2nc3sc(N4CCN(Cc5ccccn5)CC4)nn3c2NC(C)(C)C)cc1. The molecule has 0 spiro atoms. The van der Waals surface area contributed by atoms with E-state index in [1.807, 2.05) is 16.8 Å². The van der Waals surface area contributed by atoms with Crippen LogP contribution in [0.1, 0.15) is 39.0 Å². The number of aryl methyl sites for hydroxylation is 1. The predicted octanol–water partition coefficient (Wildman–Crippen LogP) is 4.95. The second kappa shape index (κ2) is 9.35. The minimum atomic E-state index is -0.102. The smallest absolute Gasteiger partial charge is 0.216 e. The van der Waals surface area contributed by atoms with Crippen molar-refractivity contribution in [3.8, 4) is 11.3 Å². The zero-order valence-electron chi connectivity index (χ0n) is 20.5. The highest BCUT2D eigenvalue weighted by Crippen LogP contribution is 2.35. The van der Waals surface area contributed by atoms with Crippen molar-refractivity contribution in [3.63, 3.8) is 0 Å². The molecule has 0 amide bonds. The molecule has 1 aliphatic rings. The maximum absolute atomic E-state index is 5.02. The number of nitrogens with one attached hydrogen (secondary N) is 1. The first-order chi connectivity index (χ1) is 16.4. The summed E-state index contributed by atoms with van der Waals surface area (Å²) in [6.07, 6.45) is 2.90. The van der Waals surface area contributed by atoms with Gasteiger partial charge in [0, 0.05) is 50.0 Å². The Bertz CT molecular complexity index is 1230. The molecular weight excluding hydrogens is 442 g/mol. The Hall–Kier alpha value is -2.97. The average molecular weight is 476 g/mol. The first-order valence-electron chi connectivity index (χ1n) is 12.0. The van der Waals surface area contributed by atoms with Crippen molar-refractivity contribution < 1.29 is 0 Å². The summed E-state index contributed by atoms with van der Waals surface area (Å²) in [5.74, 6) is 0.961. The van der Waals surface area contributed by atoms with Crippen LogP contribution in [-0.4, -0.2) is 56.2 Å². The third kappa shape index (κ3) is 4.93. The highest BCUT2D eigenvalue weighted by atomic mass is 32.1. The van der Waals surface area contributed by atoms with E-state index in [-0.39, 0.29) is 5.54 Å². The molecule has 0 saturated carbocycles. The zero-order chi connectivity index (χ0) is 23.7. The molecular formula is C26H33N7S. The molecule has 1 fully saturated rings. The fourth-order valence-corrected chi connectivity index (χ4v) is 5.20. The lowest BCUT2D eigenvalue weighted by Crippen LogP contribution is -2.46. The van der Waals surface area contributed by atoms with Gasteiger partial charge in [0.05, 0.1) is 5.69 Å². The van der Waals surface area contributed by atoms with Gasteiger partial charge in [0.25, 0.3) is 0 Å². The van der Waals surface area contributed by atoms with Crippen LogP contribution in [0.4, 0.5) is 10.9 Å². The van der Waals surface area contributed by atoms with Crippen molar-refractivity contribution in [3.05, 3.63) is 59.9 Å². The van der Waals surface area contributed by atoms with Gasteiger partial charge >= 0.3 is 0 Å². The molecule has 4 heterocycles. The molecule has 7 nitrogen and oxygen atoms in total. The van der Waals surface area contributed by atoms with Crippen LogP contribution in [0, 0.1) is 0 Å². The molecule has 0 bridgehead atoms. The van der Waals surface area contributed by atoms with Crippen LogP contribution in [0.25, 0.3) is 16.2 Å². The molecule has 0 unspecified atom stereocenters. The van der Waals surface area contributed by atoms with Crippen LogP contribution in [0.3, 0.4) is 0 Å². The molecule has 178 valence electrons. The van der Waals surface area contributed by atoms with Gasteiger partial charge in [0.2, 0.25) is 10.1 Å². The minimum absolute atomic E-state index is 0.102. The van der Waals surface area contributed by atoms with Crippen LogP contribution in [0.15, 0.2) is 48.7 Å². The number of pyridine rings is 1. The topological polar surface area (TPSA) is 61.6 Å². The number of rotatable bonds is 6. The summed E-state index contributed by atoms with van der Waals surface area (Å²) in [5.41, 5.74) is 4.43. The quantitative estimate of drug-likeness (QED) is 0.426. The van der Waals surface area contributed by atoms with Gasteiger partial charge in [-0.2, -0.15) is 4.52 Å². The molecule has 1 aliphatic heterocycles. The van der Waals surface area contributed by atoms with Crippen molar-refractivity contribution in [2.24, 2.45) is 0 Å². The van der Waals surface area contributed by atoms with E-state index in [2.05, 4.69) is 84.2 Å². The number of hydrogen-bond acceptors (Lipinski definition) is 7. The van der Waals surface area contributed by atoms with Gasteiger partial charge in [0.15, 0.2) is 5.82 Å². The molecule has 0 radical (unpaired) electrons. The van der Waals surface area contributed by atoms with E-state index < -0.39 is 0 Å². The normalized spacial score (nSPS) is 15.2. The second-order valence-corrected chi connectivity index (χ2v) is 10.8. The summed E-state index contributed by atoms with van der Waals surface area (Å²) in [5, 5.41) is 9.71. The Kier molecular flexibility index (Phi) is 6.27. The first kappa shape index (κ1) is 22.8. The summed E-state index contributed by atoms with van der Waals surface area (Å²) in [6, 6.07) is 14.8. The third-order valence-corrected chi connectivity index (χ3v) is 7.05. The maximum atomic E-state index is 5.02. The van der Waals surface area contributed by atoms with Crippen molar-refractivity contribution in [1.29, 1.82) is 0 Å². The van der Waals surface area contributed by atoms with E-state index in [1.165, 1.54) is 5.56 Å². The lowest BCUT2D eigenvalue weighted by atomic mass is 10.1. The van der Waals surface area contributed by atoms with Crippen LogP contribution < -0.4 is 10.2 Å². The van der Waals surface area contributed by atoms with E-state index >= 15 is 0 Å². The van der Waals surface area contributed by atoms with E-state index in [1.54, 1.807) is 11.3 Å². The van der Waals surface area contributed by atoms with Crippen molar-refractivity contribution >= 4 is 27.2 Å². The number of aromatic nitrogens is 4. The molecule has 1 aromatic carbocycles. The van der Waals surface area contributed by atoms with E-state index in [0.717, 1.165) is 72.0 Å². The Morgan fingerprint density at radius 2 is 1.76 bits per heavy atom. The van der Waals surface area contributed by atoms with Crippen LogP contribution in [0.2, 0.25) is 0 Å². The Morgan fingerprint density at radius 1 is 1.00 bits per heavy atom. The number of nitrogens with zero attached hydrogens (tertiary/aromatic N) is 6. The number of fused-ring (bicyclic) bond motifs is 1. The minimum Gasteiger partial charge on any atom is -0.364 e. The zero-order valence-corrected chi connectivity index (χ0v) is 21.3. The summed E-state index contributed by atoms with van der Waals surface area (Å²) >= 11 is 1.67. The average Bonchev–Trinajstić information content (AvgIpc) is 3.39. The largest absolute Gasteiger partial charge is 0.364 e. The number of imidazole rings is 1. The molecule has 0 aliphatic carbocycles. The molecule has 5 rings (SSSR count). The fraction of sp³-hybridized carbons (Fsp3) is 0.423. The van der Waals surface area contributed by atoms with Crippen molar-refractivity contribution in [1.82, 2.24) is 24.5 Å².